The van der Waals surface area contributed by atoms with Crippen molar-refractivity contribution in [1.29, 1.82) is 0 Å². The van der Waals surface area contributed by atoms with Crippen molar-refractivity contribution in [2.24, 2.45) is 0 Å². The largest absolute Gasteiger partial charge is 0.486 e. The molecule has 178 valence electrons. The number of urea groups is 1. The highest BCUT2D eigenvalue weighted by atomic mass is 32.1. The first-order valence-corrected chi connectivity index (χ1v) is 12.5. The van der Waals surface area contributed by atoms with E-state index in [0.29, 0.717) is 18.8 Å². The van der Waals surface area contributed by atoms with E-state index >= 15 is 0 Å². The number of aromatic nitrogens is 1. The summed E-state index contributed by atoms with van der Waals surface area (Å²) in [7, 11) is 0. The third-order valence-corrected chi connectivity index (χ3v) is 6.68. The molecule has 1 aliphatic rings. The molecule has 0 aliphatic heterocycles. The van der Waals surface area contributed by atoms with Gasteiger partial charge >= 0.3 is 6.03 Å². The first-order chi connectivity index (χ1) is 16.6. The lowest BCUT2D eigenvalue weighted by Gasteiger charge is -2.32. The molecule has 2 aromatic carbocycles. The van der Waals surface area contributed by atoms with Gasteiger partial charge in [0.2, 0.25) is 0 Å². The smallest absolute Gasteiger partial charge is 0.315 e. The number of carbonyl (C=O) groups is 2. The number of ether oxygens (including phenoxy) is 1. The Labute approximate surface area is 204 Å². The molecule has 3 amide bonds. The maximum Gasteiger partial charge on any atom is 0.315 e. The van der Waals surface area contributed by atoms with Gasteiger partial charge in [0.15, 0.2) is 0 Å². The molecule has 34 heavy (non-hydrogen) atoms. The topological polar surface area (TPSA) is 92.3 Å². The van der Waals surface area contributed by atoms with Crippen molar-refractivity contribution in [3.8, 4) is 5.75 Å². The van der Waals surface area contributed by atoms with E-state index < -0.39 is 0 Å². The molecule has 1 fully saturated rings. The van der Waals surface area contributed by atoms with Crippen LogP contribution < -0.4 is 20.7 Å². The minimum absolute atomic E-state index is 0.114. The number of aryl methyl sites for hydroxylation is 1. The van der Waals surface area contributed by atoms with Crippen LogP contribution in [0.3, 0.4) is 0 Å². The molecular formula is C26H30N4O3S. The van der Waals surface area contributed by atoms with E-state index in [1.54, 1.807) is 5.38 Å². The molecule has 3 aromatic rings. The zero-order chi connectivity index (χ0) is 23.8. The molecule has 1 saturated carbocycles. The zero-order valence-corrected chi connectivity index (χ0v) is 20.1. The van der Waals surface area contributed by atoms with Crippen molar-refractivity contribution in [2.75, 3.05) is 0 Å². The Balaban J connectivity index is 1.27. The van der Waals surface area contributed by atoms with Gasteiger partial charge in [0, 0.05) is 18.0 Å². The van der Waals surface area contributed by atoms with Crippen LogP contribution in [0.25, 0.3) is 0 Å². The fourth-order valence-electron chi connectivity index (χ4n) is 3.98. The van der Waals surface area contributed by atoms with E-state index in [1.165, 1.54) is 16.9 Å². The van der Waals surface area contributed by atoms with Gasteiger partial charge in [-0.15, -0.1) is 11.3 Å². The highest BCUT2D eigenvalue weighted by Gasteiger charge is 2.28. The summed E-state index contributed by atoms with van der Waals surface area (Å²) in [6.07, 6.45) is 3.69. The molecule has 8 heteroatoms. The molecule has 2 atom stereocenters. The summed E-state index contributed by atoms with van der Waals surface area (Å²) in [5, 5.41) is 11.5. The van der Waals surface area contributed by atoms with Gasteiger partial charge in [-0.3, -0.25) is 4.79 Å². The molecule has 1 heterocycles. The van der Waals surface area contributed by atoms with Crippen molar-refractivity contribution >= 4 is 23.3 Å². The lowest BCUT2D eigenvalue weighted by atomic mass is 9.90. The minimum Gasteiger partial charge on any atom is -0.486 e. The van der Waals surface area contributed by atoms with Gasteiger partial charge in [0.05, 0.1) is 6.04 Å². The summed E-state index contributed by atoms with van der Waals surface area (Å²) in [6, 6.07) is 17.1. The minimum atomic E-state index is -0.223. The van der Waals surface area contributed by atoms with Gasteiger partial charge in [-0.25, -0.2) is 9.78 Å². The lowest BCUT2D eigenvalue weighted by Crippen LogP contribution is -2.55. The Morgan fingerprint density at radius 3 is 2.44 bits per heavy atom. The molecule has 1 aromatic heterocycles. The predicted molar refractivity (Wildman–Crippen MR) is 133 cm³/mol. The van der Waals surface area contributed by atoms with Crippen LogP contribution in [0.5, 0.6) is 5.75 Å². The van der Waals surface area contributed by atoms with Gasteiger partial charge in [0.25, 0.3) is 5.91 Å². The van der Waals surface area contributed by atoms with Crippen molar-refractivity contribution in [1.82, 2.24) is 20.9 Å². The first kappa shape index (κ1) is 23.8. The molecule has 3 N–H and O–H groups in total. The monoisotopic (exact) mass is 478 g/mol. The quantitative estimate of drug-likeness (QED) is 0.442. The molecule has 0 spiro atoms. The molecule has 4 rings (SSSR count). The third kappa shape index (κ3) is 6.81. The van der Waals surface area contributed by atoms with Gasteiger partial charge < -0.3 is 20.7 Å². The SMILES string of the molecule is Cc1ccc(OCc2nc(C(=O)N[C@@H]3CCCC[C@H]3NC(=O)NCc3ccccc3)cs2)cc1. The Hall–Kier alpha value is -3.39. The van der Waals surface area contributed by atoms with E-state index in [0.717, 1.165) is 42.0 Å². The second-order valence-electron chi connectivity index (χ2n) is 8.51. The van der Waals surface area contributed by atoms with E-state index in [9.17, 15) is 9.59 Å². The van der Waals surface area contributed by atoms with Crippen LogP contribution in [0, 0.1) is 6.92 Å². The van der Waals surface area contributed by atoms with Gasteiger partial charge in [-0.05, 0) is 37.5 Å². The summed E-state index contributed by atoms with van der Waals surface area (Å²) >= 11 is 1.40. The van der Waals surface area contributed by atoms with Crippen molar-refractivity contribution < 1.29 is 14.3 Å². The molecule has 0 saturated heterocycles. The number of thiazole rings is 1. The lowest BCUT2D eigenvalue weighted by molar-refractivity contribution is 0.0911. The number of nitrogens with one attached hydrogen (secondary N) is 3. The zero-order valence-electron chi connectivity index (χ0n) is 19.3. The standard InChI is InChI=1S/C26H30N4O3S/c1-18-11-13-20(14-12-18)33-16-24-28-23(17-34-24)25(31)29-21-9-5-6-10-22(21)30-26(32)27-15-19-7-3-2-4-8-19/h2-4,7-8,11-14,17,21-22H,5-6,9-10,15-16H2,1H3,(H,29,31)(H2,27,30,32)/t21-,22-/m1/s1. The number of hydrogen-bond acceptors (Lipinski definition) is 5. The molecule has 7 nitrogen and oxygen atoms in total. The molecule has 1 aliphatic carbocycles. The van der Waals surface area contributed by atoms with E-state index in [4.69, 9.17) is 4.74 Å². The van der Waals surface area contributed by atoms with Crippen LogP contribution in [-0.4, -0.2) is 29.0 Å². The van der Waals surface area contributed by atoms with Crippen LogP contribution in [0.2, 0.25) is 0 Å². The Morgan fingerprint density at radius 1 is 1.00 bits per heavy atom. The highest BCUT2D eigenvalue weighted by Crippen LogP contribution is 2.20. The third-order valence-electron chi connectivity index (χ3n) is 5.86. The predicted octanol–water partition coefficient (Wildman–Crippen LogP) is 4.57. The average molecular weight is 479 g/mol. The number of hydrogen-bond donors (Lipinski definition) is 3. The van der Waals surface area contributed by atoms with Crippen LogP contribution in [-0.2, 0) is 13.2 Å². The summed E-state index contributed by atoms with van der Waals surface area (Å²) in [4.78, 5) is 29.7. The molecule has 0 radical (unpaired) electrons. The highest BCUT2D eigenvalue weighted by molar-refractivity contribution is 7.09. The summed E-state index contributed by atoms with van der Waals surface area (Å²) in [5.74, 6) is 0.551. The number of nitrogens with zero attached hydrogens (tertiary/aromatic N) is 1. The maximum absolute atomic E-state index is 12.8. The van der Waals surface area contributed by atoms with Crippen LogP contribution in [0.1, 0.15) is 52.3 Å². The van der Waals surface area contributed by atoms with E-state index in [1.807, 2.05) is 61.5 Å². The molecule has 0 bridgehead atoms. The Kier molecular flexibility index (Phi) is 8.14. The van der Waals surface area contributed by atoms with Gasteiger partial charge in [-0.1, -0.05) is 60.9 Å². The Morgan fingerprint density at radius 2 is 1.71 bits per heavy atom. The summed E-state index contributed by atoms with van der Waals surface area (Å²) in [6.45, 7) is 2.80. The van der Waals surface area contributed by atoms with Crippen molar-refractivity contribution in [2.45, 2.75) is 57.8 Å². The number of carbonyl (C=O) groups excluding carboxylic acids is 2. The first-order valence-electron chi connectivity index (χ1n) is 11.6. The molecular weight excluding hydrogens is 448 g/mol. The molecule has 0 unspecified atom stereocenters. The number of amides is 3. The maximum atomic E-state index is 12.8. The second-order valence-corrected chi connectivity index (χ2v) is 9.45. The van der Waals surface area contributed by atoms with Gasteiger partial charge in [-0.2, -0.15) is 0 Å². The van der Waals surface area contributed by atoms with Crippen LogP contribution >= 0.6 is 11.3 Å². The normalized spacial score (nSPS) is 17.6. The Bertz CT molecular complexity index is 1080. The van der Waals surface area contributed by atoms with E-state index in [2.05, 4.69) is 20.9 Å². The van der Waals surface area contributed by atoms with Crippen molar-refractivity contribution in [3.05, 3.63) is 81.8 Å². The number of benzene rings is 2. The van der Waals surface area contributed by atoms with Crippen molar-refractivity contribution in [3.63, 3.8) is 0 Å². The van der Waals surface area contributed by atoms with Crippen LogP contribution in [0.15, 0.2) is 60.0 Å². The number of rotatable bonds is 8. The van der Waals surface area contributed by atoms with Crippen LogP contribution in [0.4, 0.5) is 4.79 Å². The second kappa shape index (κ2) is 11.7. The fraction of sp³-hybridized carbons (Fsp3) is 0.346. The van der Waals surface area contributed by atoms with Gasteiger partial charge in [0.1, 0.15) is 23.1 Å². The summed E-state index contributed by atoms with van der Waals surface area (Å²) in [5.41, 5.74) is 2.59. The van der Waals surface area contributed by atoms with E-state index in [-0.39, 0.29) is 24.0 Å². The fourth-order valence-corrected chi connectivity index (χ4v) is 4.66. The summed E-state index contributed by atoms with van der Waals surface area (Å²) < 4.78 is 5.77. The average Bonchev–Trinajstić information content (AvgIpc) is 3.34.